The largest absolute Gasteiger partial charge is 0.388 e. The van der Waals surface area contributed by atoms with Gasteiger partial charge in [-0.15, -0.1) is 11.3 Å². The molecular weight excluding hydrogens is 382 g/mol. The normalized spacial score (nSPS) is 14.6. The van der Waals surface area contributed by atoms with Crippen molar-refractivity contribution in [1.29, 1.82) is 0 Å². The fraction of sp³-hybridized carbons (Fsp3) is 0.583. The van der Waals surface area contributed by atoms with Crippen LogP contribution in [0.4, 0.5) is 0 Å². The zero-order valence-corrected chi connectivity index (χ0v) is 14.6. The van der Waals surface area contributed by atoms with Gasteiger partial charge >= 0.3 is 0 Å². The van der Waals surface area contributed by atoms with E-state index < -0.39 is 5.60 Å². The van der Waals surface area contributed by atoms with Gasteiger partial charge in [0.2, 0.25) is 0 Å². The average molecular weight is 399 g/mol. The van der Waals surface area contributed by atoms with Crippen molar-refractivity contribution in [2.45, 2.75) is 32.8 Å². The van der Waals surface area contributed by atoms with Gasteiger partial charge < -0.3 is 10.4 Å². The first-order valence-corrected chi connectivity index (χ1v) is 8.07. The smallest absolute Gasteiger partial charge is 0.253 e. The molecule has 1 aromatic rings. The highest BCUT2D eigenvalue weighted by atomic mass is 79.9. The van der Waals surface area contributed by atoms with Crippen molar-refractivity contribution in [3.63, 3.8) is 0 Å². The molecule has 0 bridgehead atoms. The second-order valence-electron chi connectivity index (χ2n) is 5.02. The first-order valence-electron chi connectivity index (χ1n) is 5.66. The zero-order valence-electron chi connectivity index (χ0n) is 10.6. The number of amides is 1. The number of carbonyl (C=O) groups is 1. The third-order valence-corrected chi connectivity index (χ3v) is 4.72. The summed E-state index contributed by atoms with van der Waals surface area (Å²) >= 11 is 8.13. The van der Waals surface area contributed by atoms with Gasteiger partial charge in [0.05, 0.1) is 18.7 Å². The second-order valence-corrected chi connectivity index (χ2v) is 8.76. The Hall–Kier alpha value is 0.0900. The average Bonchev–Trinajstić information content (AvgIpc) is 2.52. The number of rotatable bonds is 5. The van der Waals surface area contributed by atoms with E-state index in [0.717, 1.165) is 7.57 Å². The van der Waals surface area contributed by atoms with Crippen LogP contribution in [-0.4, -0.2) is 23.2 Å². The van der Waals surface area contributed by atoms with Crippen LogP contribution in [0, 0.1) is 5.92 Å². The first-order chi connectivity index (χ1) is 8.21. The van der Waals surface area contributed by atoms with E-state index in [9.17, 15) is 9.90 Å². The van der Waals surface area contributed by atoms with Crippen LogP contribution in [0.2, 0.25) is 0 Å². The molecule has 0 saturated heterocycles. The molecule has 0 spiro atoms. The summed E-state index contributed by atoms with van der Waals surface area (Å²) < 4.78 is 1.68. The molecule has 0 fully saturated rings. The molecule has 1 unspecified atom stereocenters. The van der Waals surface area contributed by atoms with Gasteiger partial charge in [0.1, 0.15) is 0 Å². The maximum absolute atomic E-state index is 11.9. The predicted octanol–water partition coefficient (Wildman–Crippen LogP) is 3.80. The molecule has 1 amide bonds. The minimum Gasteiger partial charge on any atom is -0.388 e. The van der Waals surface area contributed by atoms with Gasteiger partial charge in [-0.2, -0.15) is 0 Å². The highest BCUT2D eigenvalue weighted by Gasteiger charge is 2.23. The summed E-state index contributed by atoms with van der Waals surface area (Å²) in [6.07, 6.45) is 0.655. The van der Waals surface area contributed by atoms with Gasteiger partial charge in [0.25, 0.3) is 5.91 Å². The lowest BCUT2D eigenvalue weighted by atomic mass is 9.94. The van der Waals surface area contributed by atoms with Crippen molar-refractivity contribution in [3.8, 4) is 0 Å². The maximum atomic E-state index is 11.9. The Bertz CT molecular complexity index is 430. The van der Waals surface area contributed by atoms with Gasteiger partial charge in [0.15, 0.2) is 0 Å². The van der Waals surface area contributed by atoms with Gasteiger partial charge in [-0.3, -0.25) is 4.79 Å². The Morgan fingerprint density at radius 3 is 2.61 bits per heavy atom. The lowest BCUT2D eigenvalue weighted by Gasteiger charge is -2.25. The standard InChI is InChI=1S/C12H17Br2NO2S/c1-7(2)5-12(3,17)6-15-11(16)8-4-9(13)18-10(8)14/h4,7,17H,5-6H2,1-3H3,(H,15,16). The number of thiophene rings is 1. The summed E-state index contributed by atoms with van der Waals surface area (Å²) in [6, 6.07) is 1.77. The van der Waals surface area contributed by atoms with Crippen LogP contribution in [-0.2, 0) is 0 Å². The van der Waals surface area contributed by atoms with E-state index in [4.69, 9.17) is 0 Å². The fourth-order valence-electron chi connectivity index (χ4n) is 1.81. The third kappa shape index (κ3) is 4.99. The first kappa shape index (κ1) is 16.1. The number of aliphatic hydroxyl groups is 1. The van der Waals surface area contributed by atoms with Crippen molar-refractivity contribution in [3.05, 3.63) is 19.2 Å². The summed E-state index contributed by atoms with van der Waals surface area (Å²) in [5, 5.41) is 12.9. The Labute approximate surface area is 128 Å². The molecule has 0 aliphatic heterocycles. The Kier molecular flexibility index (Phi) is 5.83. The Morgan fingerprint density at radius 2 is 2.17 bits per heavy atom. The highest BCUT2D eigenvalue weighted by Crippen LogP contribution is 2.31. The summed E-state index contributed by atoms with van der Waals surface area (Å²) in [4.78, 5) is 11.9. The van der Waals surface area contributed by atoms with Crippen molar-refractivity contribution in [1.82, 2.24) is 5.32 Å². The van der Waals surface area contributed by atoms with E-state index >= 15 is 0 Å². The molecule has 0 aromatic carbocycles. The van der Waals surface area contributed by atoms with E-state index in [1.54, 1.807) is 13.0 Å². The van der Waals surface area contributed by atoms with Crippen LogP contribution in [0.5, 0.6) is 0 Å². The van der Waals surface area contributed by atoms with E-state index in [0.29, 0.717) is 17.9 Å². The van der Waals surface area contributed by atoms with E-state index in [1.165, 1.54) is 11.3 Å². The number of halogens is 2. The predicted molar refractivity (Wildman–Crippen MR) is 82.1 cm³/mol. The SMILES string of the molecule is CC(C)CC(C)(O)CNC(=O)c1cc(Br)sc1Br. The molecular formula is C12H17Br2NO2S. The van der Waals surface area contributed by atoms with Gasteiger partial charge in [-0.1, -0.05) is 13.8 Å². The van der Waals surface area contributed by atoms with E-state index in [2.05, 4.69) is 37.2 Å². The van der Waals surface area contributed by atoms with Crippen molar-refractivity contribution in [2.75, 3.05) is 6.54 Å². The summed E-state index contributed by atoms with van der Waals surface area (Å²) in [7, 11) is 0. The van der Waals surface area contributed by atoms with Gasteiger partial charge in [0, 0.05) is 6.54 Å². The van der Waals surface area contributed by atoms with Gasteiger partial charge in [-0.25, -0.2) is 0 Å². The van der Waals surface area contributed by atoms with Crippen molar-refractivity contribution in [2.24, 2.45) is 5.92 Å². The number of nitrogens with one attached hydrogen (secondary N) is 1. The molecule has 1 rings (SSSR count). The second kappa shape index (κ2) is 6.50. The number of hydrogen-bond donors (Lipinski definition) is 2. The quantitative estimate of drug-likeness (QED) is 0.792. The molecule has 0 aliphatic rings. The van der Waals surface area contributed by atoms with Crippen molar-refractivity contribution >= 4 is 49.1 Å². The molecule has 0 aliphatic carbocycles. The molecule has 0 radical (unpaired) electrons. The minimum absolute atomic E-state index is 0.173. The zero-order chi connectivity index (χ0) is 13.9. The molecule has 0 saturated carbocycles. The lowest BCUT2D eigenvalue weighted by Crippen LogP contribution is -2.41. The fourth-order valence-corrected chi connectivity index (χ4v) is 4.61. The van der Waals surface area contributed by atoms with Crippen LogP contribution >= 0.6 is 43.2 Å². The van der Waals surface area contributed by atoms with Crippen LogP contribution in [0.25, 0.3) is 0 Å². The Balaban J connectivity index is 2.59. The molecule has 1 aromatic heterocycles. The minimum atomic E-state index is -0.871. The molecule has 1 heterocycles. The molecule has 18 heavy (non-hydrogen) atoms. The summed E-state index contributed by atoms with van der Waals surface area (Å²) in [6.45, 7) is 6.08. The maximum Gasteiger partial charge on any atom is 0.253 e. The highest BCUT2D eigenvalue weighted by molar-refractivity contribution is 9.12. The van der Waals surface area contributed by atoms with Gasteiger partial charge in [-0.05, 0) is 57.2 Å². The molecule has 6 heteroatoms. The summed E-state index contributed by atoms with van der Waals surface area (Å²) in [5.41, 5.74) is -0.281. The molecule has 2 N–H and O–H groups in total. The molecule has 1 atom stereocenters. The topological polar surface area (TPSA) is 49.3 Å². The van der Waals surface area contributed by atoms with Crippen LogP contribution in [0.15, 0.2) is 13.6 Å². The van der Waals surface area contributed by atoms with E-state index in [-0.39, 0.29) is 12.5 Å². The Morgan fingerprint density at radius 1 is 1.56 bits per heavy atom. The third-order valence-electron chi connectivity index (χ3n) is 2.38. The van der Waals surface area contributed by atoms with Crippen molar-refractivity contribution < 1.29 is 9.90 Å². The molecule has 102 valence electrons. The van der Waals surface area contributed by atoms with E-state index in [1.807, 2.05) is 13.8 Å². The number of carbonyl (C=O) groups excluding carboxylic acids is 1. The monoisotopic (exact) mass is 397 g/mol. The van der Waals surface area contributed by atoms with Crippen LogP contribution < -0.4 is 5.32 Å². The van der Waals surface area contributed by atoms with Crippen LogP contribution in [0.3, 0.4) is 0 Å². The molecule has 3 nitrogen and oxygen atoms in total. The summed E-state index contributed by atoms with van der Waals surface area (Å²) in [5.74, 6) is 0.215. The lowest BCUT2D eigenvalue weighted by molar-refractivity contribution is 0.0368. The number of hydrogen-bond acceptors (Lipinski definition) is 3. The van der Waals surface area contributed by atoms with Crippen LogP contribution in [0.1, 0.15) is 37.6 Å².